The molecule has 0 saturated carbocycles. The van der Waals surface area contributed by atoms with Gasteiger partial charge in [-0.15, -0.1) is 0 Å². The molecule has 14 heavy (non-hydrogen) atoms. The second kappa shape index (κ2) is 4.42. The van der Waals surface area contributed by atoms with Gasteiger partial charge in [0.15, 0.2) is 0 Å². The first-order valence-corrected chi connectivity index (χ1v) is 5.08. The monoisotopic (exact) mass is 208 g/mol. The topological polar surface area (TPSA) is 38.0 Å². The molecule has 0 aromatic heterocycles. The molecule has 76 valence electrons. The van der Waals surface area contributed by atoms with Crippen molar-refractivity contribution in [1.29, 1.82) is 0 Å². The summed E-state index contributed by atoms with van der Waals surface area (Å²) >= 11 is 5.00. The maximum absolute atomic E-state index is 5.65. The van der Waals surface area contributed by atoms with Gasteiger partial charge in [0, 0.05) is 17.3 Å². The van der Waals surface area contributed by atoms with Crippen LogP contribution in [0.4, 0.5) is 5.69 Å². The van der Waals surface area contributed by atoms with Crippen molar-refractivity contribution >= 4 is 22.9 Å². The van der Waals surface area contributed by atoms with Crippen molar-refractivity contribution in [3.05, 3.63) is 29.3 Å². The standard InChI is InChI=1S/C11H16N2S/c1-7(2)13-10-5-4-8(3)6-9(10)11(12)14/h4-7,13H,1-3H3,(H2,12,14). The molecule has 0 atom stereocenters. The Labute approximate surface area is 90.5 Å². The zero-order chi connectivity index (χ0) is 10.7. The molecule has 3 heteroatoms. The third-order valence-corrected chi connectivity index (χ3v) is 2.10. The molecule has 0 spiro atoms. The Hall–Kier alpha value is -1.09. The van der Waals surface area contributed by atoms with Crippen LogP contribution in [0.15, 0.2) is 18.2 Å². The minimum atomic E-state index is 0.380. The third-order valence-electron chi connectivity index (χ3n) is 1.88. The summed E-state index contributed by atoms with van der Waals surface area (Å²) < 4.78 is 0. The lowest BCUT2D eigenvalue weighted by Crippen LogP contribution is -2.17. The molecule has 0 radical (unpaired) electrons. The van der Waals surface area contributed by atoms with Crippen LogP contribution in [0.1, 0.15) is 25.0 Å². The lowest BCUT2D eigenvalue weighted by Gasteiger charge is -2.14. The zero-order valence-corrected chi connectivity index (χ0v) is 9.61. The Morgan fingerprint density at radius 3 is 2.57 bits per heavy atom. The summed E-state index contributed by atoms with van der Waals surface area (Å²) in [6.07, 6.45) is 0. The average molecular weight is 208 g/mol. The van der Waals surface area contributed by atoms with Crippen LogP contribution in [0, 0.1) is 6.92 Å². The van der Waals surface area contributed by atoms with E-state index in [9.17, 15) is 0 Å². The Balaban J connectivity index is 3.08. The van der Waals surface area contributed by atoms with Crippen molar-refractivity contribution in [3.63, 3.8) is 0 Å². The number of hydrogen-bond donors (Lipinski definition) is 2. The van der Waals surface area contributed by atoms with Crippen LogP contribution in [-0.2, 0) is 0 Å². The number of aryl methyl sites for hydroxylation is 1. The number of rotatable bonds is 3. The lowest BCUT2D eigenvalue weighted by atomic mass is 10.1. The zero-order valence-electron chi connectivity index (χ0n) is 8.79. The van der Waals surface area contributed by atoms with Crippen molar-refractivity contribution in [2.75, 3.05) is 5.32 Å². The van der Waals surface area contributed by atoms with E-state index in [1.807, 2.05) is 25.1 Å². The van der Waals surface area contributed by atoms with Crippen LogP contribution in [0.2, 0.25) is 0 Å². The van der Waals surface area contributed by atoms with Crippen molar-refractivity contribution in [2.45, 2.75) is 26.8 Å². The summed E-state index contributed by atoms with van der Waals surface area (Å²) in [5, 5.41) is 3.31. The Bertz CT molecular complexity index is 345. The molecule has 0 fully saturated rings. The van der Waals surface area contributed by atoms with E-state index < -0.39 is 0 Å². The molecule has 0 unspecified atom stereocenters. The summed E-state index contributed by atoms with van der Waals surface area (Å²) in [7, 11) is 0. The summed E-state index contributed by atoms with van der Waals surface area (Å²) in [6, 6.07) is 6.45. The largest absolute Gasteiger partial charge is 0.389 e. The first-order chi connectivity index (χ1) is 6.50. The van der Waals surface area contributed by atoms with Gasteiger partial charge in [-0.3, -0.25) is 0 Å². The van der Waals surface area contributed by atoms with Gasteiger partial charge < -0.3 is 11.1 Å². The Morgan fingerprint density at radius 2 is 2.07 bits per heavy atom. The highest BCUT2D eigenvalue weighted by molar-refractivity contribution is 7.80. The quantitative estimate of drug-likeness (QED) is 0.749. The SMILES string of the molecule is Cc1ccc(NC(C)C)c(C(N)=S)c1. The molecular formula is C11H16N2S. The van der Waals surface area contributed by atoms with E-state index in [1.165, 1.54) is 5.56 Å². The molecule has 1 aromatic rings. The van der Waals surface area contributed by atoms with E-state index in [-0.39, 0.29) is 0 Å². The van der Waals surface area contributed by atoms with Gasteiger partial charge in [0.2, 0.25) is 0 Å². The van der Waals surface area contributed by atoms with E-state index >= 15 is 0 Å². The summed E-state index contributed by atoms with van der Waals surface area (Å²) in [6.45, 7) is 6.20. The molecule has 1 rings (SSSR count). The Kier molecular flexibility index (Phi) is 3.47. The third kappa shape index (κ3) is 2.70. The molecule has 0 saturated heterocycles. The van der Waals surface area contributed by atoms with Gasteiger partial charge in [-0.2, -0.15) is 0 Å². The number of benzene rings is 1. The first kappa shape index (κ1) is 11.0. The molecular weight excluding hydrogens is 192 g/mol. The fourth-order valence-electron chi connectivity index (χ4n) is 1.30. The maximum atomic E-state index is 5.65. The van der Waals surface area contributed by atoms with Crippen molar-refractivity contribution < 1.29 is 0 Å². The van der Waals surface area contributed by atoms with Gasteiger partial charge >= 0.3 is 0 Å². The molecule has 1 aromatic carbocycles. The minimum absolute atomic E-state index is 0.380. The predicted octanol–water partition coefficient (Wildman–Crippen LogP) is 2.45. The van der Waals surface area contributed by atoms with Gasteiger partial charge in [-0.25, -0.2) is 0 Å². The normalized spacial score (nSPS) is 10.3. The van der Waals surface area contributed by atoms with Gasteiger partial charge in [-0.05, 0) is 32.9 Å². The van der Waals surface area contributed by atoms with E-state index in [0.717, 1.165) is 11.3 Å². The summed E-state index contributed by atoms with van der Waals surface area (Å²) in [4.78, 5) is 0.442. The average Bonchev–Trinajstić information content (AvgIpc) is 2.07. The second-order valence-corrected chi connectivity index (χ2v) is 4.15. The highest BCUT2D eigenvalue weighted by Crippen LogP contribution is 2.18. The van der Waals surface area contributed by atoms with Gasteiger partial charge in [0.1, 0.15) is 4.99 Å². The molecule has 0 aliphatic rings. The highest BCUT2D eigenvalue weighted by Gasteiger charge is 2.05. The van der Waals surface area contributed by atoms with E-state index in [0.29, 0.717) is 11.0 Å². The highest BCUT2D eigenvalue weighted by atomic mass is 32.1. The molecule has 0 heterocycles. The van der Waals surface area contributed by atoms with Crippen LogP contribution in [0.25, 0.3) is 0 Å². The smallest absolute Gasteiger partial charge is 0.106 e. The number of hydrogen-bond acceptors (Lipinski definition) is 2. The van der Waals surface area contributed by atoms with E-state index in [1.54, 1.807) is 0 Å². The molecule has 0 aliphatic carbocycles. The second-order valence-electron chi connectivity index (χ2n) is 3.71. The first-order valence-electron chi connectivity index (χ1n) is 4.67. The lowest BCUT2D eigenvalue weighted by molar-refractivity contribution is 0.899. The number of nitrogens with two attached hydrogens (primary N) is 1. The number of anilines is 1. The molecule has 3 N–H and O–H groups in total. The van der Waals surface area contributed by atoms with Crippen molar-refractivity contribution in [3.8, 4) is 0 Å². The predicted molar refractivity (Wildman–Crippen MR) is 65.8 cm³/mol. The van der Waals surface area contributed by atoms with Crippen LogP contribution < -0.4 is 11.1 Å². The number of thiocarbonyl (C=S) groups is 1. The minimum Gasteiger partial charge on any atom is -0.389 e. The van der Waals surface area contributed by atoms with Gasteiger partial charge in [0.05, 0.1) is 0 Å². The van der Waals surface area contributed by atoms with E-state index in [2.05, 4.69) is 19.2 Å². The molecule has 0 aliphatic heterocycles. The van der Waals surface area contributed by atoms with Crippen molar-refractivity contribution in [1.82, 2.24) is 0 Å². The van der Waals surface area contributed by atoms with Gasteiger partial charge in [-0.1, -0.05) is 23.8 Å². The maximum Gasteiger partial charge on any atom is 0.106 e. The molecule has 2 nitrogen and oxygen atoms in total. The van der Waals surface area contributed by atoms with Crippen LogP contribution in [0.5, 0.6) is 0 Å². The Morgan fingerprint density at radius 1 is 1.43 bits per heavy atom. The summed E-state index contributed by atoms with van der Waals surface area (Å²) in [5.41, 5.74) is 8.76. The fraction of sp³-hybridized carbons (Fsp3) is 0.364. The molecule has 0 amide bonds. The van der Waals surface area contributed by atoms with Crippen LogP contribution in [0.3, 0.4) is 0 Å². The number of nitrogens with one attached hydrogen (secondary N) is 1. The van der Waals surface area contributed by atoms with Crippen LogP contribution >= 0.6 is 12.2 Å². The van der Waals surface area contributed by atoms with Crippen molar-refractivity contribution in [2.24, 2.45) is 5.73 Å². The van der Waals surface area contributed by atoms with Gasteiger partial charge in [0.25, 0.3) is 0 Å². The van der Waals surface area contributed by atoms with E-state index in [4.69, 9.17) is 18.0 Å². The van der Waals surface area contributed by atoms with Crippen LogP contribution in [-0.4, -0.2) is 11.0 Å². The fourth-order valence-corrected chi connectivity index (χ4v) is 1.47. The molecule has 0 bridgehead atoms. The summed E-state index contributed by atoms with van der Waals surface area (Å²) in [5.74, 6) is 0.